The minimum atomic E-state index is -2.04. The number of hydrogen-bond donors (Lipinski definition) is 2. The van der Waals surface area contributed by atoms with E-state index in [-0.39, 0.29) is 0 Å². The molecule has 6 heteroatoms. The van der Waals surface area contributed by atoms with Crippen LogP contribution in [0.5, 0.6) is 0 Å². The quantitative estimate of drug-likeness (QED) is 0.487. The van der Waals surface area contributed by atoms with Crippen LogP contribution in [0, 0.1) is 0 Å². The molecule has 0 radical (unpaired) electrons. The van der Waals surface area contributed by atoms with Gasteiger partial charge < -0.3 is 5.11 Å². The number of carbonyl (C=O) groups is 3. The largest absolute Gasteiger partial charge is 0.372 e. The fourth-order valence-electron chi connectivity index (χ4n) is 4.77. The van der Waals surface area contributed by atoms with Crippen molar-refractivity contribution in [2.24, 2.45) is 0 Å². The average Bonchev–Trinajstić information content (AvgIpc) is 3.10. The van der Waals surface area contributed by atoms with Crippen molar-refractivity contribution in [3.63, 3.8) is 0 Å². The predicted octanol–water partition coefficient (Wildman–Crippen LogP) is 3.38. The molecule has 2 aliphatic rings. The minimum Gasteiger partial charge on any atom is -0.372 e. The van der Waals surface area contributed by atoms with Gasteiger partial charge in [-0.25, -0.2) is 0 Å². The summed E-state index contributed by atoms with van der Waals surface area (Å²) in [6.45, 7) is 0. The smallest absolute Gasteiger partial charge is 0.280 e. The van der Waals surface area contributed by atoms with Gasteiger partial charge >= 0.3 is 0 Å². The third kappa shape index (κ3) is 2.24. The van der Waals surface area contributed by atoms with Crippen molar-refractivity contribution in [2.45, 2.75) is 5.60 Å². The molecule has 6 nitrogen and oxygen atoms in total. The maximum Gasteiger partial charge on any atom is 0.280 e. The van der Waals surface area contributed by atoms with Crippen molar-refractivity contribution in [3.8, 4) is 11.1 Å². The Morgan fingerprint density at radius 1 is 0.688 bits per heavy atom. The van der Waals surface area contributed by atoms with E-state index in [2.05, 4.69) is 5.43 Å². The first kappa shape index (κ1) is 18.5. The van der Waals surface area contributed by atoms with E-state index in [1.165, 1.54) is 0 Å². The van der Waals surface area contributed by atoms with Crippen molar-refractivity contribution in [2.75, 3.05) is 0 Å². The molecule has 4 aromatic carbocycles. The molecular formula is C26H16N2O4. The van der Waals surface area contributed by atoms with E-state index in [1.807, 2.05) is 36.4 Å². The molecule has 0 aromatic heterocycles. The number of hydrazine groups is 1. The third-order valence-electron chi connectivity index (χ3n) is 6.24. The fraction of sp³-hybridized carbons (Fsp3) is 0.0385. The molecule has 1 aliphatic carbocycles. The number of rotatable bonds is 2. The molecular weight excluding hydrogens is 404 g/mol. The topological polar surface area (TPSA) is 86.7 Å². The molecule has 2 N–H and O–H groups in total. The number of hydrogen-bond acceptors (Lipinski definition) is 4. The van der Waals surface area contributed by atoms with Crippen molar-refractivity contribution in [1.82, 2.24) is 10.4 Å². The lowest BCUT2D eigenvalue weighted by atomic mass is 9.90. The summed E-state index contributed by atoms with van der Waals surface area (Å²) in [5.41, 5.74) is 3.26. The lowest BCUT2D eigenvalue weighted by Crippen LogP contribution is -2.56. The monoisotopic (exact) mass is 420 g/mol. The van der Waals surface area contributed by atoms with E-state index >= 15 is 0 Å². The number of imide groups is 1. The van der Waals surface area contributed by atoms with Crippen LogP contribution in [0.1, 0.15) is 31.8 Å². The highest BCUT2D eigenvalue weighted by Gasteiger charge is 2.49. The lowest BCUT2D eigenvalue weighted by molar-refractivity contribution is -0.139. The Hall–Kier alpha value is -4.29. The van der Waals surface area contributed by atoms with Gasteiger partial charge in [0, 0.05) is 16.5 Å². The van der Waals surface area contributed by atoms with Gasteiger partial charge in [-0.1, -0.05) is 72.8 Å². The van der Waals surface area contributed by atoms with Crippen molar-refractivity contribution < 1.29 is 19.5 Å². The van der Waals surface area contributed by atoms with Crippen LogP contribution in [0.2, 0.25) is 0 Å². The molecule has 0 spiro atoms. The number of amides is 3. The SMILES string of the molecule is O=C1c2cccc3cccc(c23)C(=O)N1NC(=O)C1(O)c2ccccc2-c2ccccc21. The van der Waals surface area contributed by atoms with E-state index < -0.39 is 23.3 Å². The van der Waals surface area contributed by atoms with Gasteiger partial charge in [0.1, 0.15) is 0 Å². The van der Waals surface area contributed by atoms with E-state index in [9.17, 15) is 19.5 Å². The summed E-state index contributed by atoms with van der Waals surface area (Å²) in [6.07, 6.45) is 0. The number of carbonyl (C=O) groups excluding carboxylic acids is 3. The van der Waals surface area contributed by atoms with Gasteiger partial charge in [-0.05, 0) is 28.6 Å². The van der Waals surface area contributed by atoms with Crippen LogP contribution in [-0.4, -0.2) is 27.8 Å². The first-order chi connectivity index (χ1) is 15.5. The van der Waals surface area contributed by atoms with Crippen LogP contribution < -0.4 is 5.43 Å². The number of nitrogens with one attached hydrogen (secondary N) is 1. The third-order valence-corrected chi connectivity index (χ3v) is 6.24. The van der Waals surface area contributed by atoms with Gasteiger partial charge in [0.15, 0.2) is 5.60 Å². The molecule has 1 aliphatic heterocycles. The molecule has 3 amide bonds. The van der Waals surface area contributed by atoms with Gasteiger partial charge in [-0.15, -0.1) is 0 Å². The Morgan fingerprint density at radius 2 is 1.16 bits per heavy atom. The Bertz CT molecular complexity index is 1390. The molecule has 0 fully saturated rings. The van der Waals surface area contributed by atoms with Gasteiger partial charge in [0.25, 0.3) is 17.7 Å². The highest BCUT2D eigenvalue weighted by atomic mass is 16.3. The first-order valence-corrected chi connectivity index (χ1v) is 10.1. The molecule has 154 valence electrons. The van der Waals surface area contributed by atoms with Crippen LogP contribution in [0.3, 0.4) is 0 Å². The summed E-state index contributed by atoms with van der Waals surface area (Å²) in [6, 6.07) is 24.5. The van der Waals surface area contributed by atoms with Crippen molar-refractivity contribution >= 4 is 28.5 Å². The van der Waals surface area contributed by atoms with Gasteiger partial charge in [0.05, 0.1) is 11.1 Å². The van der Waals surface area contributed by atoms with Gasteiger partial charge in [0.2, 0.25) is 0 Å². The zero-order valence-corrected chi connectivity index (χ0v) is 16.7. The Kier molecular flexibility index (Phi) is 3.67. The molecule has 6 rings (SSSR count). The van der Waals surface area contributed by atoms with Gasteiger partial charge in [-0.2, -0.15) is 5.01 Å². The van der Waals surface area contributed by atoms with Crippen molar-refractivity contribution in [3.05, 3.63) is 107 Å². The average molecular weight is 420 g/mol. The number of fused-ring (bicyclic) bond motifs is 3. The van der Waals surface area contributed by atoms with Crippen LogP contribution >= 0.6 is 0 Å². The van der Waals surface area contributed by atoms with Crippen molar-refractivity contribution in [1.29, 1.82) is 0 Å². The summed E-state index contributed by atoms with van der Waals surface area (Å²) < 4.78 is 0. The molecule has 32 heavy (non-hydrogen) atoms. The second-order valence-electron chi connectivity index (χ2n) is 7.90. The van der Waals surface area contributed by atoms with Crippen LogP contribution in [0.4, 0.5) is 0 Å². The Balaban J connectivity index is 1.45. The van der Waals surface area contributed by atoms with Crippen LogP contribution in [0.25, 0.3) is 21.9 Å². The van der Waals surface area contributed by atoms with E-state index in [4.69, 9.17) is 0 Å². The predicted molar refractivity (Wildman–Crippen MR) is 117 cm³/mol. The molecule has 4 aromatic rings. The fourth-order valence-corrected chi connectivity index (χ4v) is 4.77. The van der Waals surface area contributed by atoms with E-state index in [1.54, 1.807) is 48.5 Å². The summed E-state index contributed by atoms with van der Waals surface area (Å²) >= 11 is 0. The summed E-state index contributed by atoms with van der Waals surface area (Å²) in [4.78, 5) is 39.8. The first-order valence-electron chi connectivity index (χ1n) is 10.1. The molecule has 0 bridgehead atoms. The maximum atomic E-state index is 13.5. The van der Waals surface area contributed by atoms with Crippen LogP contribution in [-0.2, 0) is 10.4 Å². The molecule has 0 saturated heterocycles. The summed E-state index contributed by atoms with van der Waals surface area (Å²) in [5.74, 6) is -2.16. The van der Waals surface area contributed by atoms with E-state index in [0.717, 1.165) is 16.5 Å². The summed E-state index contributed by atoms with van der Waals surface area (Å²) in [5, 5.41) is 13.7. The number of nitrogens with zero attached hydrogens (tertiary/aromatic N) is 1. The molecule has 0 atom stereocenters. The summed E-state index contributed by atoms with van der Waals surface area (Å²) in [7, 11) is 0. The standard InChI is InChI=1S/C26H16N2O4/c29-23-18-11-5-7-15-8-6-12-19(22(15)18)24(30)28(23)27-25(31)26(32)20-13-3-1-9-16(20)17-10-2-4-14-21(17)26/h1-14,32H,(H,27,31). The Labute approximate surface area is 182 Å². The van der Waals surface area contributed by atoms with Crippen LogP contribution in [0.15, 0.2) is 84.9 Å². The molecule has 1 heterocycles. The zero-order chi connectivity index (χ0) is 22.0. The molecule has 0 unspecified atom stereocenters. The second kappa shape index (κ2) is 6.35. The normalized spacial score (nSPS) is 15.5. The maximum absolute atomic E-state index is 13.5. The highest BCUT2D eigenvalue weighted by Crippen LogP contribution is 2.47. The van der Waals surface area contributed by atoms with E-state index in [0.29, 0.717) is 32.6 Å². The Morgan fingerprint density at radius 3 is 1.69 bits per heavy atom. The zero-order valence-electron chi connectivity index (χ0n) is 16.7. The second-order valence-corrected chi connectivity index (χ2v) is 7.90. The number of benzene rings is 4. The van der Waals surface area contributed by atoms with Gasteiger partial charge in [-0.3, -0.25) is 19.8 Å². The lowest BCUT2D eigenvalue weighted by Gasteiger charge is -2.31. The highest BCUT2D eigenvalue weighted by molar-refractivity contribution is 6.25. The molecule has 0 saturated carbocycles. The minimum absolute atomic E-state index is 0.317. The number of aliphatic hydroxyl groups is 1.